The Morgan fingerprint density at radius 3 is 0.931 bits per heavy atom. The van der Waals surface area contributed by atoms with E-state index in [-0.39, 0.29) is 0 Å². The largest absolute Gasteiger partial charge is 0.496 e. The molecule has 6 aromatic carbocycles. The van der Waals surface area contributed by atoms with E-state index < -0.39 is 29.5 Å². The molecular weight excluding hydrogens is 779 g/mol. The number of halogens is 1. The second-order valence-corrected chi connectivity index (χ2v) is 17.2. The number of hydrogen-bond acceptors (Lipinski definition) is 4. The van der Waals surface area contributed by atoms with Gasteiger partial charge in [-0.3, -0.25) is 0 Å². The monoisotopic (exact) mass is 834 g/mol. The third-order valence-corrected chi connectivity index (χ3v) is 11.7. The summed E-state index contributed by atoms with van der Waals surface area (Å²) < 4.78 is 14.2. The average Bonchev–Trinajstić information content (AvgIpc) is 3.44. The second kappa shape index (κ2) is 19.3. The molecule has 1 fully saturated rings. The Kier molecular flexibility index (Phi) is 14.7. The van der Waals surface area contributed by atoms with Gasteiger partial charge in [-0.25, -0.2) is 0 Å². The molecule has 0 unspecified atom stereocenters. The Balaban J connectivity index is 0.000000193. The van der Waals surface area contributed by atoms with Gasteiger partial charge in [-0.15, -0.1) is 0 Å². The van der Waals surface area contributed by atoms with E-state index in [0.717, 1.165) is 32.2 Å². The molecule has 0 amide bonds. The lowest BCUT2D eigenvalue weighted by Crippen LogP contribution is -2.44. The van der Waals surface area contributed by atoms with Gasteiger partial charge in [0.25, 0.3) is 0 Å². The van der Waals surface area contributed by atoms with E-state index in [1.165, 1.54) is 22.3 Å². The lowest BCUT2D eigenvalue weighted by atomic mass is 9.69. The van der Waals surface area contributed by atoms with Crippen LogP contribution in [-0.4, -0.2) is 39.7 Å². The first-order valence-corrected chi connectivity index (χ1v) is 20.6. The van der Waals surface area contributed by atoms with Crippen LogP contribution in [0, 0.1) is 0 Å². The topological polar surface area (TPSA) is 58.9 Å². The van der Waals surface area contributed by atoms with Crippen LogP contribution in [0.1, 0.15) is 88.8 Å². The van der Waals surface area contributed by atoms with Gasteiger partial charge in [0, 0.05) is 10.1 Å². The fraction of sp³-hybridized carbons (Fsp3) is 0.231. The van der Waals surface area contributed by atoms with E-state index in [0.29, 0.717) is 0 Å². The van der Waals surface area contributed by atoms with Crippen molar-refractivity contribution >= 4 is 44.1 Å². The van der Waals surface area contributed by atoms with Crippen molar-refractivity contribution < 1.29 is 19.5 Å². The number of hydrogen-bond donors (Lipinski definition) is 2. The van der Waals surface area contributed by atoms with Crippen LogP contribution in [-0.2, 0) is 9.31 Å². The molecule has 0 aliphatic carbocycles. The third kappa shape index (κ3) is 11.2. The molecule has 1 aliphatic heterocycles. The summed E-state index contributed by atoms with van der Waals surface area (Å²) in [6, 6.07) is 62.8. The van der Waals surface area contributed by atoms with E-state index in [1.807, 2.05) is 36.4 Å². The molecular formula is C52H56BBrO4. The van der Waals surface area contributed by atoms with Crippen molar-refractivity contribution in [1.29, 1.82) is 0 Å². The maximum Gasteiger partial charge on any atom is 0.496 e. The van der Waals surface area contributed by atoms with Crippen LogP contribution < -0.4 is 0 Å². The zero-order valence-corrected chi connectivity index (χ0v) is 36.6. The Bertz CT molecular complexity index is 2110. The summed E-state index contributed by atoms with van der Waals surface area (Å²) in [6.45, 7) is 14.7. The molecule has 6 heteroatoms. The standard InChI is InChI=1S/C26H27BO2.C20H15Br.C6H14O2/c1-25(2)26(3,4)29-27(28-25)24(22-18-12-7-13-19-22)23(20-14-8-5-9-15-20)21-16-10-6-11-17-21;21-20(18-14-8-3-9-15-18)19(16-10-4-1-5-11-16)17-12-6-2-7-13-17;1-5(2,7)6(3,4)8/h5-19H,1-4H3;1-15H;7-8H,1-4H3. The molecule has 4 nitrogen and oxygen atoms in total. The lowest BCUT2D eigenvalue weighted by Gasteiger charge is -2.32. The molecule has 1 heterocycles. The normalized spacial score (nSPS) is 14.2. The molecule has 1 saturated heterocycles. The first kappa shape index (κ1) is 44.3. The van der Waals surface area contributed by atoms with E-state index in [1.54, 1.807) is 27.7 Å². The van der Waals surface area contributed by atoms with E-state index in [9.17, 15) is 0 Å². The van der Waals surface area contributed by atoms with Crippen molar-refractivity contribution in [3.8, 4) is 0 Å². The quantitative estimate of drug-likeness (QED) is 0.118. The first-order chi connectivity index (χ1) is 27.5. The van der Waals surface area contributed by atoms with Crippen molar-refractivity contribution in [3.05, 3.63) is 215 Å². The molecule has 0 atom stereocenters. The molecule has 2 N–H and O–H groups in total. The van der Waals surface area contributed by atoms with Crippen LogP contribution in [0.3, 0.4) is 0 Å². The van der Waals surface area contributed by atoms with Crippen LogP contribution in [0.2, 0.25) is 0 Å². The van der Waals surface area contributed by atoms with Gasteiger partial charge in [0.1, 0.15) is 0 Å². The van der Waals surface area contributed by atoms with Crippen LogP contribution >= 0.6 is 15.9 Å². The maximum absolute atomic E-state index is 9.10. The van der Waals surface area contributed by atoms with Gasteiger partial charge in [-0.2, -0.15) is 0 Å². The summed E-state index contributed by atoms with van der Waals surface area (Å²) in [5, 5.41) is 18.2. The molecule has 0 bridgehead atoms. The average molecular weight is 836 g/mol. The fourth-order valence-electron chi connectivity index (χ4n) is 6.02. The number of aliphatic hydroxyl groups is 2. The number of benzene rings is 6. The molecule has 0 radical (unpaired) electrons. The van der Waals surface area contributed by atoms with Crippen molar-refractivity contribution in [3.63, 3.8) is 0 Å². The lowest BCUT2D eigenvalue weighted by molar-refractivity contribution is -0.107. The Labute approximate surface area is 355 Å². The first-order valence-electron chi connectivity index (χ1n) is 19.8. The van der Waals surface area contributed by atoms with E-state index >= 15 is 0 Å². The molecule has 298 valence electrons. The minimum atomic E-state index is -1.01. The summed E-state index contributed by atoms with van der Waals surface area (Å²) in [7, 11) is -0.460. The van der Waals surface area contributed by atoms with Crippen molar-refractivity contribution in [2.45, 2.75) is 77.8 Å². The van der Waals surface area contributed by atoms with Crippen LogP contribution in [0.5, 0.6) is 0 Å². The predicted molar refractivity (Wildman–Crippen MR) is 248 cm³/mol. The fourth-order valence-corrected chi connectivity index (χ4v) is 6.74. The molecule has 0 spiro atoms. The van der Waals surface area contributed by atoms with Gasteiger partial charge in [-0.1, -0.05) is 182 Å². The van der Waals surface area contributed by atoms with Crippen molar-refractivity contribution in [2.75, 3.05) is 0 Å². The highest BCUT2D eigenvalue weighted by Crippen LogP contribution is 2.44. The van der Waals surface area contributed by atoms with Crippen LogP contribution in [0.4, 0.5) is 0 Å². The van der Waals surface area contributed by atoms with Crippen LogP contribution in [0.25, 0.3) is 21.1 Å². The Morgan fingerprint density at radius 1 is 0.414 bits per heavy atom. The van der Waals surface area contributed by atoms with Gasteiger partial charge in [0.05, 0.1) is 22.4 Å². The van der Waals surface area contributed by atoms with Gasteiger partial charge in [0.2, 0.25) is 0 Å². The summed E-state index contributed by atoms with van der Waals surface area (Å²) in [4.78, 5) is 0. The van der Waals surface area contributed by atoms with Gasteiger partial charge in [-0.05, 0) is 116 Å². The third-order valence-electron chi connectivity index (χ3n) is 10.8. The van der Waals surface area contributed by atoms with Gasteiger partial charge in [0.15, 0.2) is 0 Å². The number of rotatable bonds is 8. The molecule has 0 saturated carbocycles. The molecule has 1 aliphatic rings. The summed E-state index contributed by atoms with van der Waals surface area (Å²) in [6.07, 6.45) is 0. The molecule has 58 heavy (non-hydrogen) atoms. The maximum atomic E-state index is 9.10. The molecule has 0 aromatic heterocycles. The minimum Gasteiger partial charge on any atom is -0.399 e. The Morgan fingerprint density at radius 2 is 0.655 bits per heavy atom. The zero-order chi connectivity index (χ0) is 42.0. The summed E-state index contributed by atoms with van der Waals surface area (Å²) >= 11 is 3.81. The van der Waals surface area contributed by atoms with Gasteiger partial charge >= 0.3 is 7.12 Å². The highest BCUT2D eigenvalue weighted by molar-refractivity contribution is 9.15. The minimum absolute atomic E-state index is 0.407. The van der Waals surface area contributed by atoms with E-state index in [2.05, 4.69) is 189 Å². The summed E-state index contributed by atoms with van der Waals surface area (Å²) in [5.41, 5.74) is 7.57. The second-order valence-electron chi connectivity index (χ2n) is 16.4. The molecule has 6 aromatic rings. The highest BCUT2D eigenvalue weighted by atomic mass is 79.9. The summed E-state index contributed by atoms with van der Waals surface area (Å²) in [5.74, 6) is 0. The predicted octanol–water partition coefficient (Wildman–Crippen LogP) is 12.8. The zero-order valence-electron chi connectivity index (χ0n) is 35.0. The SMILES string of the molecule is BrC(=C(c1ccccc1)c1ccccc1)c1ccccc1.CC(C)(O)C(C)(C)O.CC1(C)OB(C(=C(c2ccccc2)c2ccccc2)c2ccccc2)OC1(C)C. The highest BCUT2D eigenvalue weighted by Gasteiger charge is 2.53. The van der Waals surface area contributed by atoms with Gasteiger partial charge < -0.3 is 19.5 Å². The van der Waals surface area contributed by atoms with Crippen LogP contribution in [0.15, 0.2) is 182 Å². The Hall–Kier alpha value is -4.82. The van der Waals surface area contributed by atoms with Crippen molar-refractivity contribution in [1.82, 2.24) is 0 Å². The van der Waals surface area contributed by atoms with E-state index in [4.69, 9.17) is 19.5 Å². The molecule has 7 rings (SSSR count). The van der Waals surface area contributed by atoms with Crippen molar-refractivity contribution in [2.24, 2.45) is 0 Å². The smallest absolute Gasteiger partial charge is 0.399 e.